The van der Waals surface area contributed by atoms with Crippen LogP contribution in [0.5, 0.6) is 5.75 Å². The Morgan fingerprint density at radius 1 is 1.00 bits per heavy atom. The maximum absolute atomic E-state index is 5.20. The van der Waals surface area contributed by atoms with E-state index < -0.39 is 0 Å². The van der Waals surface area contributed by atoms with E-state index in [1.54, 1.807) is 11.6 Å². The summed E-state index contributed by atoms with van der Waals surface area (Å²) in [5.41, 5.74) is 5.38. The molecule has 0 bridgehead atoms. The highest BCUT2D eigenvalue weighted by Gasteiger charge is 2.09. The molecule has 0 saturated carbocycles. The van der Waals surface area contributed by atoms with Crippen molar-refractivity contribution in [3.05, 3.63) is 78.0 Å². The normalized spacial score (nSPS) is 11.0. The summed E-state index contributed by atoms with van der Waals surface area (Å²) in [5, 5.41) is 15.5. The molecule has 4 rings (SSSR count). The van der Waals surface area contributed by atoms with Crippen molar-refractivity contribution in [2.75, 3.05) is 13.7 Å². The lowest BCUT2D eigenvalue weighted by Gasteiger charge is -2.09. The average Bonchev–Trinajstić information content (AvgIpc) is 3.21. The molecule has 2 aromatic carbocycles. The number of nitrogens with one attached hydrogen (secondary N) is 1. The molecule has 2 heterocycles. The second-order valence-corrected chi connectivity index (χ2v) is 6.34. The van der Waals surface area contributed by atoms with E-state index in [0.29, 0.717) is 6.54 Å². The van der Waals surface area contributed by atoms with Gasteiger partial charge in [-0.05, 0) is 52.7 Å². The molecule has 0 aliphatic heterocycles. The number of fused-ring (bicyclic) bond motifs is 1. The number of tetrazole rings is 1. The first-order valence-electron chi connectivity index (χ1n) is 8.93. The summed E-state index contributed by atoms with van der Waals surface area (Å²) in [6.45, 7) is 1.58. The minimum absolute atomic E-state index is 0.709. The first-order valence-corrected chi connectivity index (χ1v) is 8.93. The molecule has 136 valence electrons. The fourth-order valence-corrected chi connectivity index (χ4v) is 3.08. The molecule has 6 heteroatoms. The second-order valence-electron chi connectivity index (χ2n) is 6.34. The monoisotopic (exact) mass is 359 g/mol. The highest BCUT2D eigenvalue weighted by molar-refractivity contribution is 5.66. The van der Waals surface area contributed by atoms with Gasteiger partial charge in [0.15, 0.2) is 5.65 Å². The topological polar surface area (TPSA) is 64.3 Å². The van der Waals surface area contributed by atoms with Crippen LogP contribution in [0.15, 0.2) is 66.9 Å². The molecule has 0 aliphatic carbocycles. The SMILES string of the molecule is COc1ccc(CCNCc2cc(-c3ccccc3)cn3nnnc23)cc1. The quantitative estimate of drug-likeness (QED) is 0.514. The van der Waals surface area contributed by atoms with E-state index >= 15 is 0 Å². The third-order valence-electron chi connectivity index (χ3n) is 4.54. The molecule has 6 nitrogen and oxygen atoms in total. The minimum atomic E-state index is 0.709. The van der Waals surface area contributed by atoms with Crippen LogP contribution in [0.2, 0.25) is 0 Å². The maximum Gasteiger partial charge on any atom is 0.183 e. The van der Waals surface area contributed by atoms with E-state index in [1.165, 1.54) is 5.56 Å². The van der Waals surface area contributed by atoms with Crippen molar-refractivity contribution in [1.82, 2.24) is 25.4 Å². The van der Waals surface area contributed by atoms with E-state index in [2.05, 4.69) is 51.2 Å². The number of hydrogen-bond donors (Lipinski definition) is 1. The fraction of sp³-hybridized carbons (Fsp3) is 0.190. The molecule has 0 fully saturated rings. The van der Waals surface area contributed by atoms with Crippen LogP contribution in [0.25, 0.3) is 16.8 Å². The van der Waals surface area contributed by atoms with E-state index in [9.17, 15) is 0 Å². The summed E-state index contributed by atoms with van der Waals surface area (Å²) in [5.74, 6) is 0.881. The van der Waals surface area contributed by atoms with Crippen molar-refractivity contribution in [2.24, 2.45) is 0 Å². The molecule has 0 spiro atoms. The van der Waals surface area contributed by atoms with Crippen LogP contribution >= 0.6 is 0 Å². The van der Waals surface area contributed by atoms with Crippen molar-refractivity contribution < 1.29 is 4.74 Å². The molecule has 27 heavy (non-hydrogen) atoms. The van der Waals surface area contributed by atoms with Gasteiger partial charge < -0.3 is 10.1 Å². The summed E-state index contributed by atoms with van der Waals surface area (Å²) in [7, 11) is 1.68. The smallest absolute Gasteiger partial charge is 0.183 e. The number of methoxy groups -OCH3 is 1. The molecular weight excluding hydrogens is 338 g/mol. The zero-order valence-corrected chi connectivity index (χ0v) is 15.2. The number of aromatic nitrogens is 4. The third-order valence-corrected chi connectivity index (χ3v) is 4.54. The van der Waals surface area contributed by atoms with Gasteiger partial charge in [-0.1, -0.05) is 42.5 Å². The van der Waals surface area contributed by atoms with Crippen molar-refractivity contribution in [1.29, 1.82) is 0 Å². The number of benzene rings is 2. The zero-order valence-electron chi connectivity index (χ0n) is 15.2. The van der Waals surface area contributed by atoms with Gasteiger partial charge in [-0.15, -0.1) is 5.10 Å². The Bertz CT molecular complexity index is 1010. The van der Waals surface area contributed by atoms with Gasteiger partial charge >= 0.3 is 0 Å². The van der Waals surface area contributed by atoms with Gasteiger partial charge in [-0.25, -0.2) is 0 Å². The maximum atomic E-state index is 5.20. The van der Waals surface area contributed by atoms with Crippen LogP contribution in [0.4, 0.5) is 0 Å². The van der Waals surface area contributed by atoms with Crippen LogP contribution in [-0.4, -0.2) is 33.7 Å². The predicted molar refractivity (Wildman–Crippen MR) is 105 cm³/mol. The number of rotatable bonds is 7. The molecular formula is C21H21N5O. The van der Waals surface area contributed by atoms with E-state index in [-0.39, 0.29) is 0 Å². The average molecular weight is 359 g/mol. The van der Waals surface area contributed by atoms with Crippen LogP contribution in [0.3, 0.4) is 0 Å². The molecule has 0 saturated heterocycles. The second kappa shape index (κ2) is 7.97. The van der Waals surface area contributed by atoms with Gasteiger partial charge in [0, 0.05) is 23.9 Å². The third kappa shape index (κ3) is 3.96. The molecule has 4 aromatic rings. The van der Waals surface area contributed by atoms with Gasteiger partial charge in [0.2, 0.25) is 0 Å². The highest BCUT2D eigenvalue weighted by Crippen LogP contribution is 2.21. The molecule has 0 radical (unpaired) electrons. The van der Waals surface area contributed by atoms with Gasteiger partial charge in [0.05, 0.1) is 7.11 Å². The zero-order chi connectivity index (χ0) is 18.5. The number of nitrogens with zero attached hydrogens (tertiary/aromatic N) is 4. The summed E-state index contributed by atoms with van der Waals surface area (Å²) in [6, 6.07) is 20.6. The minimum Gasteiger partial charge on any atom is -0.497 e. The number of pyridine rings is 1. The van der Waals surface area contributed by atoms with Crippen LogP contribution in [0.1, 0.15) is 11.1 Å². The Kier molecular flexibility index (Phi) is 5.07. The molecule has 1 N–H and O–H groups in total. The summed E-state index contributed by atoms with van der Waals surface area (Å²) < 4.78 is 6.94. The Morgan fingerprint density at radius 2 is 1.81 bits per heavy atom. The Morgan fingerprint density at radius 3 is 2.59 bits per heavy atom. The van der Waals surface area contributed by atoms with Crippen molar-refractivity contribution >= 4 is 5.65 Å². The Hall–Kier alpha value is -3.25. The first kappa shape index (κ1) is 17.2. The molecule has 0 amide bonds. The number of ether oxygens (including phenoxy) is 1. The first-order chi connectivity index (χ1) is 13.3. The molecule has 0 aliphatic rings. The Balaban J connectivity index is 1.45. The van der Waals surface area contributed by atoms with Crippen LogP contribution in [-0.2, 0) is 13.0 Å². The van der Waals surface area contributed by atoms with E-state index in [1.807, 2.05) is 36.5 Å². The van der Waals surface area contributed by atoms with Crippen molar-refractivity contribution in [3.8, 4) is 16.9 Å². The lowest BCUT2D eigenvalue weighted by molar-refractivity contribution is 0.414. The van der Waals surface area contributed by atoms with E-state index in [4.69, 9.17) is 4.74 Å². The standard InChI is InChI=1S/C21H21N5O/c1-27-20-9-7-16(8-10-20)11-12-22-14-18-13-19(17-5-3-2-4-6-17)15-26-21(18)23-24-25-26/h2-10,13,15,22H,11-12,14H2,1H3. The molecule has 0 atom stereocenters. The lowest BCUT2D eigenvalue weighted by Crippen LogP contribution is -2.17. The van der Waals surface area contributed by atoms with Crippen LogP contribution < -0.4 is 10.1 Å². The molecule has 0 unspecified atom stereocenters. The number of hydrogen-bond acceptors (Lipinski definition) is 5. The van der Waals surface area contributed by atoms with Gasteiger partial charge in [-0.3, -0.25) is 0 Å². The largest absolute Gasteiger partial charge is 0.497 e. The summed E-state index contributed by atoms with van der Waals surface area (Å²) in [4.78, 5) is 0. The van der Waals surface area contributed by atoms with Gasteiger partial charge in [-0.2, -0.15) is 4.52 Å². The molecule has 2 aromatic heterocycles. The fourth-order valence-electron chi connectivity index (χ4n) is 3.08. The lowest BCUT2D eigenvalue weighted by atomic mass is 10.1. The van der Waals surface area contributed by atoms with E-state index in [0.717, 1.165) is 41.1 Å². The van der Waals surface area contributed by atoms with Crippen molar-refractivity contribution in [2.45, 2.75) is 13.0 Å². The Labute approximate surface area is 157 Å². The summed E-state index contributed by atoms with van der Waals surface area (Å²) in [6.07, 6.45) is 2.91. The van der Waals surface area contributed by atoms with Crippen molar-refractivity contribution in [3.63, 3.8) is 0 Å². The summed E-state index contributed by atoms with van der Waals surface area (Å²) >= 11 is 0. The van der Waals surface area contributed by atoms with Gasteiger partial charge in [0.25, 0.3) is 0 Å². The highest BCUT2D eigenvalue weighted by atomic mass is 16.5. The predicted octanol–water partition coefficient (Wildman–Crippen LogP) is 3.13. The van der Waals surface area contributed by atoms with Crippen LogP contribution in [0, 0.1) is 0 Å². The van der Waals surface area contributed by atoms with Gasteiger partial charge in [0.1, 0.15) is 5.75 Å².